The van der Waals surface area contributed by atoms with Crippen LogP contribution in [0.4, 0.5) is 10.1 Å². The van der Waals surface area contributed by atoms with Crippen LogP contribution in [0.15, 0.2) is 18.2 Å². The minimum Gasteiger partial charge on any atom is -0.283 e. The first kappa shape index (κ1) is 15.5. The van der Waals surface area contributed by atoms with Crippen LogP contribution in [0.25, 0.3) is 0 Å². The van der Waals surface area contributed by atoms with Crippen LogP contribution in [0.5, 0.6) is 0 Å². The highest BCUT2D eigenvalue weighted by Gasteiger charge is 2.32. The first-order valence-corrected chi connectivity index (χ1v) is 9.61. The summed E-state index contributed by atoms with van der Waals surface area (Å²) in [6.45, 7) is 0. The molecule has 1 N–H and O–H groups in total. The zero-order valence-electron chi connectivity index (χ0n) is 10.3. The Hall–Kier alpha value is -0.860. The molecular formula is C11H13ClFNO4S2. The van der Waals surface area contributed by atoms with Crippen molar-refractivity contribution in [3.8, 4) is 0 Å². The van der Waals surface area contributed by atoms with Gasteiger partial charge >= 0.3 is 0 Å². The Kier molecular flexibility index (Phi) is 4.27. The summed E-state index contributed by atoms with van der Waals surface area (Å²) in [7, 11) is -6.84. The van der Waals surface area contributed by atoms with Crippen molar-refractivity contribution in [2.24, 2.45) is 0 Å². The predicted octanol–water partition coefficient (Wildman–Crippen LogP) is 1.80. The van der Waals surface area contributed by atoms with Gasteiger partial charge in [-0.25, -0.2) is 21.2 Å². The molecule has 1 heterocycles. The molecule has 0 radical (unpaired) electrons. The second-order valence-electron chi connectivity index (χ2n) is 4.63. The van der Waals surface area contributed by atoms with Gasteiger partial charge in [-0.1, -0.05) is 11.6 Å². The van der Waals surface area contributed by atoms with E-state index in [0.29, 0.717) is 0 Å². The molecule has 1 saturated heterocycles. The Morgan fingerprint density at radius 3 is 2.40 bits per heavy atom. The van der Waals surface area contributed by atoms with Gasteiger partial charge in [0.1, 0.15) is 15.7 Å². The number of nitrogens with one attached hydrogen (secondary N) is 1. The molecule has 1 aliphatic rings. The van der Waals surface area contributed by atoms with E-state index in [0.717, 1.165) is 6.07 Å². The van der Waals surface area contributed by atoms with Crippen molar-refractivity contribution in [1.82, 2.24) is 0 Å². The topological polar surface area (TPSA) is 80.3 Å². The Bertz CT molecular complexity index is 704. The molecule has 1 aromatic rings. The summed E-state index contributed by atoms with van der Waals surface area (Å²) in [5.74, 6) is -0.913. The van der Waals surface area contributed by atoms with Crippen LogP contribution in [-0.4, -0.2) is 33.6 Å². The van der Waals surface area contributed by atoms with Crippen molar-refractivity contribution in [1.29, 1.82) is 0 Å². The van der Waals surface area contributed by atoms with Crippen LogP contribution in [0.1, 0.15) is 12.8 Å². The molecule has 20 heavy (non-hydrogen) atoms. The third-order valence-corrected chi connectivity index (χ3v) is 6.99. The molecule has 0 saturated carbocycles. The van der Waals surface area contributed by atoms with E-state index in [1.54, 1.807) is 0 Å². The van der Waals surface area contributed by atoms with Gasteiger partial charge in [0.15, 0.2) is 0 Å². The van der Waals surface area contributed by atoms with E-state index in [1.807, 2.05) is 0 Å². The van der Waals surface area contributed by atoms with Crippen molar-refractivity contribution in [3.63, 3.8) is 0 Å². The number of sulfone groups is 1. The van der Waals surface area contributed by atoms with Gasteiger partial charge in [0.25, 0.3) is 0 Å². The molecule has 1 aliphatic heterocycles. The maximum absolute atomic E-state index is 13.0. The molecule has 2 rings (SSSR count). The standard InChI is InChI=1S/C11H13ClFNO4S2/c12-10-7-8(1-2-11(10)13)14-20(17,18)9-3-5-19(15,16)6-4-9/h1-2,7,9,14H,3-6H2. The smallest absolute Gasteiger partial charge is 0.235 e. The maximum Gasteiger partial charge on any atom is 0.235 e. The average molecular weight is 342 g/mol. The van der Waals surface area contributed by atoms with Crippen LogP contribution in [-0.2, 0) is 19.9 Å². The summed E-state index contributed by atoms with van der Waals surface area (Å²) in [4.78, 5) is 0. The van der Waals surface area contributed by atoms with Crippen LogP contribution >= 0.6 is 11.6 Å². The first-order valence-electron chi connectivity index (χ1n) is 5.87. The highest BCUT2D eigenvalue weighted by Crippen LogP contribution is 2.24. The summed E-state index contributed by atoms with van der Waals surface area (Å²) in [5, 5.41) is -0.953. The van der Waals surface area contributed by atoms with Crippen molar-refractivity contribution < 1.29 is 21.2 Å². The van der Waals surface area contributed by atoms with Crippen LogP contribution < -0.4 is 4.72 Å². The molecule has 5 nitrogen and oxygen atoms in total. The number of hydrogen-bond acceptors (Lipinski definition) is 4. The molecule has 0 spiro atoms. The van der Waals surface area contributed by atoms with Crippen LogP contribution in [0.2, 0.25) is 5.02 Å². The zero-order chi connectivity index (χ0) is 15.0. The average Bonchev–Trinajstić information content (AvgIpc) is 2.33. The zero-order valence-corrected chi connectivity index (χ0v) is 12.7. The summed E-state index contributed by atoms with van der Waals surface area (Å²) in [6, 6.07) is 3.50. The highest BCUT2D eigenvalue weighted by atomic mass is 35.5. The lowest BCUT2D eigenvalue weighted by atomic mass is 10.2. The Balaban J connectivity index is 2.13. The fraction of sp³-hybridized carbons (Fsp3) is 0.455. The Morgan fingerprint density at radius 2 is 1.85 bits per heavy atom. The molecule has 112 valence electrons. The molecule has 0 aliphatic carbocycles. The normalized spacial score (nSPS) is 19.7. The van der Waals surface area contributed by atoms with Crippen LogP contribution in [0, 0.1) is 5.82 Å². The monoisotopic (exact) mass is 341 g/mol. The lowest BCUT2D eigenvalue weighted by molar-refractivity contribution is 0.555. The number of sulfonamides is 1. The third-order valence-electron chi connectivity index (χ3n) is 3.12. The van der Waals surface area contributed by atoms with E-state index in [9.17, 15) is 21.2 Å². The number of anilines is 1. The molecule has 9 heteroatoms. The summed E-state index contributed by atoms with van der Waals surface area (Å²) in [5.41, 5.74) is 0.157. The van der Waals surface area contributed by atoms with Gasteiger partial charge in [0, 0.05) is 0 Å². The molecule has 1 aromatic carbocycles. The van der Waals surface area contributed by atoms with Crippen LogP contribution in [0.3, 0.4) is 0 Å². The first-order chi connectivity index (χ1) is 9.20. The van der Waals surface area contributed by atoms with Crippen molar-refractivity contribution in [3.05, 3.63) is 29.0 Å². The van der Waals surface area contributed by atoms with E-state index in [4.69, 9.17) is 11.6 Å². The lowest BCUT2D eigenvalue weighted by Gasteiger charge is -2.22. The van der Waals surface area contributed by atoms with Gasteiger partial charge in [-0.15, -0.1) is 0 Å². The van der Waals surface area contributed by atoms with E-state index < -0.39 is 30.9 Å². The molecule has 1 fully saturated rings. The third kappa shape index (κ3) is 3.62. The fourth-order valence-corrected chi connectivity index (χ4v) is 5.43. The Labute approximate surface area is 122 Å². The van der Waals surface area contributed by atoms with Gasteiger partial charge in [0.2, 0.25) is 10.0 Å². The Morgan fingerprint density at radius 1 is 1.25 bits per heavy atom. The second kappa shape index (κ2) is 5.50. The molecule has 0 amide bonds. The quantitative estimate of drug-likeness (QED) is 0.909. The maximum atomic E-state index is 13.0. The summed E-state index contributed by atoms with van der Waals surface area (Å²) in [6.07, 6.45) is 0.124. The largest absolute Gasteiger partial charge is 0.283 e. The number of benzene rings is 1. The molecule has 0 atom stereocenters. The number of hydrogen-bond donors (Lipinski definition) is 1. The minimum atomic E-state index is -3.71. The van der Waals surface area contributed by atoms with Gasteiger partial charge < -0.3 is 0 Å². The number of rotatable bonds is 3. The van der Waals surface area contributed by atoms with E-state index >= 15 is 0 Å². The molecule has 0 bridgehead atoms. The van der Waals surface area contributed by atoms with Crippen molar-refractivity contribution in [2.45, 2.75) is 18.1 Å². The molecule has 0 aromatic heterocycles. The van der Waals surface area contributed by atoms with Gasteiger partial charge in [-0.2, -0.15) is 0 Å². The lowest BCUT2D eigenvalue weighted by Crippen LogP contribution is -2.36. The van der Waals surface area contributed by atoms with Crippen molar-refractivity contribution in [2.75, 3.05) is 16.2 Å². The predicted molar refractivity (Wildman–Crippen MR) is 75.6 cm³/mol. The number of halogens is 2. The molecular weight excluding hydrogens is 329 g/mol. The van der Waals surface area contributed by atoms with Gasteiger partial charge in [-0.05, 0) is 31.0 Å². The summed E-state index contributed by atoms with van der Waals surface area (Å²) < 4.78 is 62.1. The SMILES string of the molecule is O=S1(=O)CCC(S(=O)(=O)Nc2ccc(F)c(Cl)c2)CC1. The van der Waals surface area contributed by atoms with Gasteiger partial charge in [-0.3, -0.25) is 4.72 Å². The molecule has 0 unspecified atom stereocenters. The van der Waals surface area contributed by atoms with Crippen molar-refractivity contribution >= 4 is 37.1 Å². The second-order valence-corrected chi connectivity index (χ2v) is 9.30. The van der Waals surface area contributed by atoms with Gasteiger partial charge in [0.05, 0.1) is 27.5 Å². The highest BCUT2D eigenvalue weighted by molar-refractivity contribution is 7.94. The van der Waals surface area contributed by atoms with E-state index in [1.165, 1.54) is 12.1 Å². The summed E-state index contributed by atoms with van der Waals surface area (Å²) >= 11 is 5.58. The van der Waals surface area contributed by atoms with E-state index in [2.05, 4.69) is 4.72 Å². The van der Waals surface area contributed by atoms with E-state index in [-0.39, 0.29) is 35.1 Å². The minimum absolute atomic E-state index is 0.0621. The fourth-order valence-electron chi connectivity index (χ4n) is 1.99.